The highest BCUT2D eigenvalue weighted by atomic mass is 16.6. The summed E-state index contributed by atoms with van der Waals surface area (Å²) in [5.74, 6) is -1.04. The Morgan fingerprint density at radius 2 is 2.03 bits per heavy atom. The minimum absolute atomic E-state index is 0.272. The number of hydrogen-bond acceptors (Lipinski definition) is 6. The maximum atomic E-state index is 12.4. The Labute approximate surface area is 166 Å². The summed E-state index contributed by atoms with van der Waals surface area (Å²) >= 11 is 0. The van der Waals surface area contributed by atoms with Crippen LogP contribution in [0.1, 0.15) is 18.1 Å². The normalized spacial score (nSPS) is 10.1. The molecule has 0 aliphatic carbocycles. The molecule has 0 saturated carbocycles. The number of anilines is 1. The van der Waals surface area contributed by atoms with Gasteiger partial charge in [-0.15, -0.1) is 0 Å². The fourth-order valence-corrected chi connectivity index (χ4v) is 2.63. The first-order valence-electron chi connectivity index (χ1n) is 8.67. The molecule has 150 valence electrons. The van der Waals surface area contributed by atoms with Crippen molar-refractivity contribution in [2.75, 3.05) is 18.9 Å². The van der Waals surface area contributed by atoms with Crippen LogP contribution in [-0.2, 0) is 22.6 Å². The molecule has 0 fully saturated rings. The van der Waals surface area contributed by atoms with E-state index in [0.717, 1.165) is 33.7 Å². The fourth-order valence-electron chi connectivity index (χ4n) is 2.63. The monoisotopic (exact) mass is 397 g/mol. The lowest BCUT2D eigenvalue weighted by atomic mass is 10.1. The number of benzene rings is 1. The van der Waals surface area contributed by atoms with E-state index in [1.165, 1.54) is 7.05 Å². The van der Waals surface area contributed by atoms with E-state index >= 15 is 0 Å². The molecule has 1 heterocycles. The van der Waals surface area contributed by atoms with Crippen LogP contribution in [0.25, 0.3) is 0 Å². The van der Waals surface area contributed by atoms with Gasteiger partial charge in [0.15, 0.2) is 0 Å². The van der Waals surface area contributed by atoms with Crippen molar-refractivity contribution in [3.05, 3.63) is 68.1 Å². The molecular weight excluding hydrogens is 378 g/mol. The zero-order valence-electron chi connectivity index (χ0n) is 15.9. The van der Waals surface area contributed by atoms with E-state index in [9.17, 15) is 24.5 Å². The van der Waals surface area contributed by atoms with Gasteiger partial charge in [0, 0.05) is 18.8 Å². The summed E-state index contributed by atoms with van der Waals surface area (Å²) in [6.45, 7) is 1.14. The van der Waals surface area contributed by atoms with Crippen LogP contribution in [0, 0.1) is 21.4 Å². The van der Waals surface area contributed by atoms with Crippen molar-refractivity contribution in [2.24, 2.45) is 0 Å². The number of nitro groups is 1. The second-order valence-corrected chi connectivity index (χ2v) is 6.22. The van der Waals surface area contributed by atoms with Gasteiger partial charge in [-0.3, -0.25) is 29.1 Å². The molecule has 0 spiro atoms. The molecule has 29 heavy (non-hydrogen) atoms. The molecule has 0 saturated heterocycles. The van der Waals surface area contributed by atoms with E-state index in [4.69, 9.17) is 5.26 Å². The zero-order valence-corrected chi connectivity index (χ0v) is 15.9. The van der Waals surface area contributed by atoms with Crippen LogP contribution in [-0.4, -0.2) is 39.8 Å². The van der Waals surface area contributed by atoms with Crippen LogP contribution < -0.4 is 10.9 Å². The molecule has 2 rings (SSSR count). The van der Waals surface area contributed by atoms with Crippen LogP contribution in [0.2, 0.25) is 0 Å². The molecule has 2 amide bonds. The van der Waals surface area contributed by atoms with E-state index in [-0.39, 0.29) is 6.54 Å². The SMILES string of the molecule is CCc1ccccc1NC(=O)CN(C)C(=O)Cn1cc([N+](=O)[O-])cc(C#N)c1=O. The van der Waals surface area contributed by atoms with Crippen molar-refractivity contribution in [3.8, 4) is 6.07 Å². The summed E-state index contributed by atoms with van der Waals surface area (Å²) in [4.78, 5) is 48.1. The number of aromatic nitrogens is 1. The summed E-state index contributed by atoms with van der Waals surface area (Å²) in [6, 6.07) is 9.71. The Morgan fingerprint density at radius 3 is 2.66 bits per heavy atom. The maximum Gasteiger partial charge on any atom is 0.287 e. The van der Waals surface area contributed by atoms with E-state index < -0.39 is 40.1 Å². The summed E-state index contributed by atoms with van der Waals surface area (Å²) in [5, 5.41) is 22.6. The molecule has 0 aliphatic heterocycles. The maximum absolute atomic E-state index is 12.4. The number of para-hydroxylation sites is 1. The molecule has 0 unspecified atom stereocenters. The predicted octanol–water partition coefficient (Wildman–Crippen LogP) is 1.29. The Kier molecular flexibility index (Phi) is 6.81. The molecule has 1 N–H and O–H groups in total. The smallest absolute Gasteiger partial charge is 0.287 e. The minimum Gasteiger partial charge on any atom is -0.335 e. The van der Waals surface area contributed by atoms with Crippen LogP contribution in [0.15, 0.2) is 41.3 Å². The number of aryl methyl sites for hydroxylation is 1. The van der Waals surface area contributed by atoms with Gasteiger partial charge in [-0.2, -0.15) is 5.26 Å². The molecule has 10 nitrogen and oxygen atoms in total. The molecule has 1 aromatic carbocycles. The summed E-state index contributed by atoms with van der Waals surface area (Å²) < 4.78 is 0.791. The number of nitriles is 1. The van der Waals surface area contributed by atoms with Gasteiger partial charge in [0.05, 0.1) is 17.7 Å². The van der Waals surface area contributed by atoms with E-state index in [0.29, 0.717) is 5.69 Å². The Morgan fingerprint density at radius 1 is 1.34 bits per heavy atom. The lowest BCUT2D eigenvalue weighted by Crippen LogP contribution is -2.39. The molecule has 10 heteroatoms. The Hall–Kier alpha value is -4.00. The second kappa shape index (κ2) is 9.27. The van der Waals surface area contributed by atoms with Crippen molar-refractivity contribution in [1.82, 2.24) is 9.47 Å². The van der Waals surface area contributed by atoms with Crippen molar-refractivity contribution >= 4 is 23.2 Å². The number of hydrogen-bond donors (Lipinski definition) is 1. The lowest BCUT2D eigenvalue weighted by Gasteiger charge is -2.18. The molecule has 1 aromatic heterocycles. The van der Waals surface area contributed by atoms with Gasteiger partial charge < -0.3 is 10.2 Å². The molecule has 0 atom stereocenters. The average molecular weight is 397 g/mol. The summed E-state index contributed by atoms with van der Waals surface area (Å²) in [5.41, 5.74) is -0.147. The summed E-state index contributed by atoms with van der Waals surface area (Å²) in [6.07, 6.45) is 1.62. The largest absolute Gasteiger partial charge is 0.335 e. The fraction of sp³-hybridized carbons (Fsp3) is 0.263. The van der Waals surface area contributed by atoms with E-state index in [2.05, 4.69) is 5.32 Å². The number of nitrogens with zero attached hydrogens (tertiary/aromatic N) is 4. The van der Waals surface area contributed by atoms with Crippen molar-refractivity contribution < 1.29 is 14.5 Å². The van der Waals surface area contributed by atoms with Crippen LogP contribution >= 0.6 is 0 Å². The van der Waals surface area contributed by atoms with Gasteiger partial charge in [-0.05, 0) is 18.1 Å². The molecule has 2 aromatic rings. The predicted molar refractivity (Wildman–Crippen MR) is 104 cm³/mol. The number of likely N-dealkylation sites (N-methyl/N-ethyl adjacent to an activating group) is 1. The molecule has 0 radical (unpaired) electrons. The first-order chi connectivity index (χ1) is 13.8. The minimum atomic E-state index is -0.818. The van der Waals surface area contributed by atoms with Gasteiger partial charge in [-0.1, -0.05) is 25.1 Å². The number of amides is 2. The van der Waals surface area contributed by atoms with E-state index in [1.54, 1.807) is 18.2 Å². The van der Waals surface area contributed by atoms with Crippen molar-refractivity contribution in [1.29, 1.82) is 5.26 Å². The highest BCUT2D eigenvalue weighted by molar-refractivity contribution is 5.95. The average Bonchev–Trinajstić information content (AvgIpc) is 2.69. The molecule has 0 bridgehead atoms. The summed E-state index contributed by atoms with van der Waals surface area (Å²) in [7, 11) is 1.38. The second-order valence-electron chi connectivity index (χ2n) is 6.22. The first kappa shape index (κ1) is 21.3. The first-order valence-corrected chi connectivity index (χ1v) is 8.67. The van der Waals surface area contributed by atoms with E-state index in [1.807, 2.05) is 19.1 Å². The standard InChI is InChI=1S/C19H19N5O5/c1-3-13-6-4-5-7-16(13)21-17(25)11-22(2)18(26)12-23-10-15(24(28)29)8-14(9-20)19(23)27/h4-8,10H,3,11-12H2,1-2H3,(H,21,25). The number of pyridine rings is 1. The van der Waals surface area contributed by atoms with Crippen LogP contribution in [0.3, 0.4) is 0 Å². The number of rotatable bonds is 7. The number of carbonyl (C=O) groups excluding carboxylic acids is 2. The third-order valence-corrected chi connectivity index (χ3v) is 4.19. The van der Waals surface area contributed by atoms with Crippen LogP contribution in [0.4, 0.5) is 11.4 Å². The highest BCUT2D eigenvalue weighted by Crippen LogP contribution is 2.15. The zero-order chi connectivity index (χ0) is 21.6. The highest BCUT2D eigenvalue weighted by Gasteiger charge is 2.19. The third kappa shape index (κ3) is 5.26. The van der Waals surface area contributed by atoms with Gasteiger partial charge in [0.1, 0.15) is 18.2 Å². The topological polar surface area (TPSA) is 138 Å². The third-order valence-electron chi connectivity index (χ3n) is 4.19. The van der Waals surface area contributed by atoms with Crippen molar-refractivity contribution in [3.63, 3.8) is 0 Å². The Balaban J connectivity index is 2.10. The molecule has 0 aliphatic rings. The van der Waals surface area contributed by atoms with Gasteiger partial charge in [0.25, 0.3) is 11.2 Å². The number of carbonyl (C=O) groups is 2. The molecular formula is C19H19N5O5. The number of nitrogens with one attached hydrogen (secondary N) is 1. The van der Waals surface area contributed by atoms with Crippen molar-refractivity contribution in [2.45, 2.75) is 19.9 Å². The van der Waals surface area contributed by atoms with Crippen LogP contribution in [0.5, 0.6) is 0 Å². The van der Waals surface area contributed by atoms with Gasteiger partial charge >= 0.3 is 0 Å². The Bertz CT molecular complexity index is 1050. The quantitative estimate of drug-likeness (QED) is 0.552. The van der Waals surface area contributed by atoms with Gasteiger partial charge in [0.2, 0.25) is 11.8 Å². The van der Waals surface area contributed by atoms with Gasteiger partial charge in [-0.25, -0.2) is 0 Å². The lowest BCUT2D eigenvalue weighted by molar-refractivity contribution is -0.385.